The Morgan fingerprint density at radius 1 is 1.31 bits per heavy atom. The van der Waals surface area contributed by atoms with Crippen molar-refractivity contribution in [3.8, 4) is 0 Å². The summed E-state index contributed by atoms with van der Waals surface area (Å²) in [5, 5.41) is 0. The van der Waals surface area contributed by atoms with Crippen molar-refractivity contribution < 1.29 is 17.2 Å². The van der Waals surface area contributed by atoms with Gasteiger partial charge in [0.2, 0.25) is 9.84 Å². The van der Waals surface area contributed by atoms with Gasteiger partial charge in [-0.25, -0.2) is 8.42 Å². The van der Waals surface area contributed by atoms with Crippen LogP contribution in [0.2, 0.25) is 0 Å². The molecule has 0 bridgehead atoms. The Hall–Kier alpha value is -0.330. The standard InChI is InChI=1S/C9H9ClF2O2S2/c10-5-6-15-7-3-1-2-4-8(7)16(13,14)9(11)12/h1-4,9H,5-6H2. The second kappa shape index (κ2) is 5.84. The molecule has 1 aromatic carbocycles. The zero-order chi connectivity index (χ0) is 12.2. The van der Waals surface area contributed by atoms with E-state index < -0.39 is 15.6 Å². The molecule has 0 aromatic heterocycles. The second-order valence-corrected chi connectivity index (χ2v) is 6.19. The van der Waals surface area contributed by atoms with Gasteiger partial charge in [-0.1, -0.05) is 12.1 Å². The van der Waals surface area contributed by atoms with E-state index in [1.807, 2.05) is 0 Å². The zero-order valence-electron chi connectivity index (χ0n) is 8.07. The van der Waals surface area contributed by atoms with Crippen LogP contribution in [0, 0.1) is 0 Å². The maximum absolute atomic E-state index is 12.4. The minimum absolute atomic E-state index is 0.309. The zero-order valence-corrected chi connectivity index (χ0v) is 10.5. The minimum Gasteiger partial charge on any atom is -0.218 e. The van der Waals surface area contributed by atoms with Crippen LogP contribution in [-0.4, -0.2) is 25.8 Å². The first-order chi connectivity index (χ1) is 7.50. The molecular weight excluding hydrogens is 278 g/mol. The third kappa shape index (κ3) is 3.09. The Morgan fingerprint density at radius 3 is 2.50 bits per heavy atom. The van der Waals surface area contributed by atoms with Gasteiger partial charge in [0.15, 0.2) is 0 Å². The molecule has 0 aliphatic heterocycles. The Bertz CT molecular complexity index is 449. The molecule has 0 atom stereocenters. The van der Waals surface area contributed by atoms with Gasteiger partial charge in [0.05, 0.1) is 4.90 Å². The molecule has 0 amide bonds. The SMILES string of the molecule is O=S(=O)(c1ccccc1SCCCl)C(F)F. The van der Waals surface area contributed by atoms with Gasteiger partial charge >= 0.3 is 5.76 Å². The first kappa shape index (κ1) is 13.7. The highest BCUT2D eigenvalue weighted by molar-refractivity contribution is 8.00. The number of alkyl halides is 3. The first-order valence-electron chi connectivity index (χ1n) is 4.30. The van der Waals surface area contributed by atoms with Crippen LogP contribution in [0.1, 0.15) is 0 Å². The summed E-state index contributed by atoms with van der Waals surface area (Å²) < 4.78 is 47.4. The summed E-state index contributed by atoms with van der Waals surface area (Å²) in [6.07, 6.45) is 0. The lowest BCUT2D eigenvalue weighted by Crippen LogP contribution is -2.12. The maximum atomic E-state index is 12.4. The summed E-state index contributed by atoms with van der Waals surface area (Å²) in [4.78, 5) is -0.0245. The summed E-state index contributed by atoms with van der Waals surface area (Å²) in [6, 6.07) is 5.69. The van der Waals surface area contributed by atoms with Crippen LogP contribution in [0.3, 0.4) is 0 Å². The van der Waals surface area contributed by atoms with Crippen molar-refractivity contribution in [3.63, 3.8) is 0 Å². The van der Waals surface area contributed by atoms with Gasteiger partial charge in [0, 0.05) is 16.5 Å². The molecule has 0 heterocycles. The number of hydrogen-bond donors (Lipinski definition) is 0. The molecule has 0 unspecified atom stereocenters. The van der Waals surface area contributed by atoms with Crippen LogP contribution in [0.5, 0.6) is 0 Å². The summed E-state index contributed by atoms with van der Waals surface area (Å²) in [7, 11) is -4.54. The van der Waals surface area contributed by atoms with E-state index in [9.17, 15) is 17.2 Å². The average molecular weight is 287 g/mol. The van der Waals surface area contributed by atoms with Crippen LogP contribution < -0.4 is 0 Å². The van der Waals surface area contributed by atoms with E-state index in [-0.39, 0.29) is 4.90 Å². The summed E-state index contributed by atoms with van der Waals surface area (Å²) in [5.74, 6) is -2.60. The summed E-state index contributed by atoms with van der Waals surface area (Å²) in [6.45, 7) is 0. The highest BCUT2D eigenvalue weighted by Gasteiger charge is 2.28. The van der Waals surface area contributed by atoms with Crippen molar-refractivity contribution in [1.29, 1.82) is 0 Å². The maximum Gasteiger partial charge on any atom is 0.341 e. The van der Waals surface area contributed by atoms with Crippen molar-refractivity contribution in [3.05, 3.63) is 24.3 Å². The molecule has 7 heteroatoms. The van der Waals surface area contributed by atoms with E-state index >= 15 is 0 Å². The fraction of sp³-hybridized carbons (Fsp3) is 0.333. The summed E-state index contributed by atoms with van der Waals surface area (Å²) in [5.41, 5.74) is 0. The van der Waals surface area contributed by atoms with Crippen molar-refractivity contribution in [2.75, 3.05) is 11.6 Å². The molecule has 0 N–H and O–H groups in total. The number of halogens is 3. The number of thioether (sulfide) groups is 1. The number of rotatable bonds is 5. The second-order valence-electron chi connectivity index (χ2n) is 2.79. The molecular formula is C9H9ClF2O2S2. The van der Waals surface area contributed by atoms with E-state index in [0.717, 1.165) is 11.8 Å². The Labute approximate surface area is 102 Å². The van der Waals surface area contributed by atoms with Crippen molar-refractivity contribution in [2.24, 2.45) is 0 Å². The number of hydrogen-bond acceptors (Lipinski definition) is 3. The lowest BCUT2D eigenvalue weighted by Gasteiger charge is -2.08. The van der Waals surface area contributed by atoms with Crippen molar-refractivity contribution in [2.45, 2.75) is 15.5 Å². The smallest absolute Gasteiger partial charge is 0.218 e. The number of sulfone groups is 1. The number of benzene rings is 1. The minimum atomic E-state index is -4.54. The van der Waals surface area contributed by atoms with Crippen LogP contribution in [0.15, 0.2) is 34.1 Å². The molecule has 0 radical (unpaired) electrons. The van der Waals surface area contributed by atoms with Crippen LogP contribution in [0.4, 0.5) is 8.78 Å². The lowest BCUT2D eigenvalue weighted by molar-refractivity contribution is 0.234. The van der Waals surface area contributed by atoms with Crippen molar-refractivity contribution in [1.82, 2.24) is 0 Å². The molecule has 0 saturated carbocycles. The molecule has 0 aliphatic carbocycles. The predicted molar refractivity (Wildman–Crippen MR) is 61.1 cm³/mol. The largest absolute Gasteiger partial charge is 0.341 e. The van der Waals surface area contributed by atoms with Crippen molar-refractivity contribution >= 4 is 33.2 Å². The highest BCUT2D eigenvalue weighted by Crippen LogP contribution is 2.29. The molecule has 2 nitrogen and oxygen atoms in total. The monoisotopic (exact) mass is 286 g/mol. The first-order valence-corrected chi connectivity index (χ1v) is 7.36. The van der Waals surface area contributed by atoms with Crippen LogP contribution >= 0.6 is 23.4 Å². The van der Waals surface area contributed by atoms with E-state index in [1.54, 1.807) is 6.07 Å². The molecule has 0 saturated heterocycles. The van der Waals surface area contributed by atoms with E-state index in [1.165, 1.54) is 18.2 Å². The van der Waals surface area contributed by atoms with Gasteiger partial charge < -0.3 is 0 Å². The molecule has 1 aromatic rings. The van der Waals surface area contributed by atoms with E-state index in [0.29, 0.717) is 16.5 Å². The van der Waals surface area contributed by atoms with Gasteiger partial charge in [0.25, 0.3) is 0 Å². The van der Waals surface area contributed by atoms with E-state index in [2.05, 4.69) is 0 Å². The molecule has 90 valence electrons. The Balaban J connectivity index is 3.13. The molecule has 0 aliphatic rings. The fourth-order valence-electron chi connectivity index (χ4n) is 1.05. The van der Waals surface area contributed by atoms with Crippen LogP contribution in [-0.2, 0) is 9.84 Å². The van der Waals surface area contributed by atoms with Gasteiger partial charge in [-0.15, -0.1) is 23.4 Å². The highest BCUT2D eigenvalue weighted by atomic mass is 35.5. The molecule has 0 fully saturated rings. The van der Waals surface area contributed by atoms with Crippen LogP contribution in [0.25, 0.3) is 0 Å². The quantitative estimate of drug-likeness (QED) is 0.616. The topological polar surface area (TPSA) is 34.1 Å². The molecule has 16 heavy (non-hydrogen) atoms. The van der Waals surface area contributed by atoms with Gasteiger partial charge in [-0.3, -0.25) is 0 Å². The fourth-order valence-corrected chi connectivity index (χ4v) is 3.30. The third-order valence-electron chi connectivity index (χ3n) is 1.72. The Morgan fingerprint density at radius 2 is 1.94 bits per heavy atom. The lowest BCUT2D eigenvalue weighted by atomic mass is 10.4. The average Bonchev–Trinajstić information content (AvgIpc) is 2.26. The Kier molecular flexibility index (Phi) is 5.01. The molecule has 1 rings (SSSR count). The van der Waals surface area contributed by atoms with E-state index in [4.69, 9.17) is 11.6 Å². The van der Waals surface area contributed by atoms with Gasteiger partial charge in [-0.2, -0.15) is 8.78 Å². The predicted octanol–water partition coefficient (Wildman–Crippen LogP) is 3.01. The summed E-state index contributed by atoms with van der Waals surface area (Å²) >= 11 is 6.61. The normalized spacial score (nSPS) is 12.0. The third-order valence-corrected chi connectivity index (χ3v) is 4.78. The molecule has 0 spiro atoms. The van der Waals surface area contributed by atoms with Gasteiger partial charge in [0.1, 0.15) is 0 Å². The van der Waals surface area contributed by atoms with Gasteiger partial charge in [-0.05, 0) is 12.1 Å².